The summed E-state index contributed by atoms with van der Waals surface area (Å²) in [7, 11) is 1.70. The largest absolute Gasteiger partial charge is 0.497 e. The highest BCUT2D eigenvalue weighted by atomic mass is 16.5. The molecule has 1 aliphatic rings. The fourth-order valence-corrected chi connectivity index (χ4v) is 2.81. The molecule has 0 fully saturated rings. The molecule has 2 N–H and O–H groups in total. The van der Waals surface area contributed by atoms with E-state index in [1.54, 1.807) is 7.11 Å². The van der Waals surface area contributed by atoms with E-state index < -0.39 is 0 Å². The van der Waals surface area contributed by atoms with E-state index in [-0.39, 0.29) is 6.04 Å². The van der Waals surface area contributed by atoms with Gasteiger partial charge in [-0.25, -0.2) is 0 Å². The summed E-state index contributed by atoms with van der Waals surface area (Å²) in [4.78, 5) is 3.47. The van der Waals surface area contributed by atoms with Gasteiger partial charge in [0.2, 0.25) is 0 Å². The van der Waals surface area contributed by atoms with Crippen LogP contribution in [0.15, 0.2) is 30.5 Å². The van der Waals surface area contributed by atoms with E-state index in [1.807, 2.05) is 13.0 Å². The molecule has 0 saturated heterocycles. The number of hydrogen-bond acceptors (Lipinski definition) is 3. The Morgan fingerprint density at radius 3 is 3.05 bits per heavy atom. The zero-order valence-corrected chi connectivity index (χ0v) is 12.0. The van der Waals surface area contributed by atoms with E-state index in [0.29, 0.717) is 6.61 Å². The third-order valence-corrected chi connectivity index (χ3v) is 3.85. The molecule has 2 heterocycles. The van der Waals surface area contributed by atoms with Crippen LogP contribution in [0.5, 0.6) is 5.75 Å². The number of H-pyrrole nitrogens is 1. The molecule has 20 heavy (non-hydrogen) atoms. The van der Waals surface area contributed by atoms with Crippen molar-refractivity contribution < 1.29 is 9.47 Å². The number of rotatable bonds is 4. The van der Waals surface area contributed by atoms with Gasteiger partial charge in [-0.1, -0.05) is 6.58 Å². The molecule has 4 heteroatoms. The number of ether oxygens (including phenoxy) is 2. The highest BCUT2D eigenvalue weighted by molar-refractivity contribution is 5.86. The maximum atomic E-state index is 5.54. The zero-order chi connectivity index (χ0) is 14.1. The van der Waals surface area contributed by atoms with Crippen LogP contribution in [0.1, 0.15) is 18.2 Å². The van der Waals surface area contributed by atoms with Gasteiger partial charge >= 0.3 is 0 Å². The summed E-state index contributed by atoms with van der Waals surface area (Å²) in [5.41, 5.74) is 3.73. The topological polar surface area (TPSA) is 46.3 Å². The van der Waals surface area contributed by atoms with E-state index in [9.17, 15) is 0 Å². The Hall–Kier alpha value is -1.94. The number of nitrogens with one attached hydrogen (secondary N) is 2. The van der Waals surface area contributed by atoms with E-state index in [0.717, 1.165) is 30.0 Å². The van der Waals surface area contributed by atoms with Crippen LogP contribution in [-0.2, 0) is 17.7 Å². The minimum atomic E-state index is 0.174. The molecule has 1 aromatic heterocycles. The second-order valence-electron chi connectivity index (χ2n) is 5.03. The van der Waals surface area contributed by atoms with Crippen molar-refractivity contribution in [2.24, 2.45) is 0 Å². The lowest BCUT2D eigenvalue weighted by Crippen LogP contribution is -2.37. The summed E-state index contributed by atoms with van der Waals surface area (Å²) in [6.07, 6.45) is 0.890. The molecule has 1 aromatic carbocycles. The van der Waals surface area contributed by atoms with Crippen LogP contribution in [0.25, 0.3) is 10.9 Å². The SMILES string of the molecule is C=C(OCC)C1Cc2c([nH]c3ccc(OC)cc23)CN1. The van der Waals surface area contributed by atoms with Crippen molar-refractivity contribution >= 4 is 10.9 Å². The van der Waals surface area contributed by atoms with Gasteiger partial charge in [0, 0.05) is 23.1 Å². The van der Waals surface area contributed by atoms with Crippen molar-refractivity contribution in [3.05, 3.63) is 41.8 Å². The maximum absolute atomic E-state index is 5.54. The van der Waals surface area contributed by atoms with Gasteiger partial charge in [0.25, 0.3) is 0 Å². The van der Waals surface area contributed by atoms with E-state index in [2.05, 4.69) is 29.0 Å². The first-order valence-corrected chi connectivity index (χ1v) is 6.95. The second-order valence-corrected chi connectivity index (χ2v) is 5.03. The summed E-state index contributed by atoms with van der Waals surface area (Å²) in [5.74, 6) is 1.70. The lowest BCUT2D eigenvalue weighted by molar-refractivity contribution is 0.197. The van der Waals surface area contributed by atoms with Gasteiger partial charge in [-0.3, -0.25) is 0 Å². The van der Waals surface area contributed by atoms with E-state index in [1.165, 1.54) is 16.6 Å². The van der Waals surface area contributed by atoms with Crippen molar-refractivity contribution in [1.29, 1.82) is 0 Å². The molecule has 0 bridgehead atoms. The van der Waals surface area contributed by atoms with Crippen LogP contribution in [-0.4, -0.2) is 24.7 Å². The Morgan fingerprint density at radius 2 is 2.30 bits per heavy atom. The fraction of sp³-hybridized carbons (Fsp3) is 0.375. The summed E-state index contributed by atoms with van der Waals surface area (Å²) < 4.78 is 10.9. The first-order chi connectivity index (χ1) is 9.72. The Kier molecular flexibility index (Phi) is 3.40. The molecule has 0 amide bonds. The standard InChI is InChI=1S/C16H20N2O2/c1-4-20-10(2)15-8-13-12-7-11(19-3)5-6-14(12)18-16(13)9-17-15/h5-7,15,17-18H,2,4,8-9H2,1,3H3. The quantitative estimate of drug-likeness (QED) is 0.841. The second kappa shape index (κ2) is 5.21. The molecular formula is C16H20N2O2. The fourth-order valence-electron chi connectivity index (χ4n) is 2.81. The lowest BCUT2D eigenvalue weighted by Gasteiger charge is -2.25. The van der Waals surface area contributed by atoms with Crippen molar-refractivity contribution in [2.45, 2.75) is 25.9 Å². The number of methoxy groups -OCH3 is 1. The number of benzene rings is 1. The molecule has 0 aliphatic carbocycles. The van der Waals surface area contributed by atoms with E-state index >= 15 is 0 Å². The van der Waals surface area contributed by atoms with Crippen molar-refractivity contribution in [2.75, 3.05) is 13.7 Å². The number of fused-ring (bicyclic) bond motifs is 3. The van der Waals surface area contributed by atoms with Crippen LogP contribution >= 0.6 is 0 Å². The van der Waals surface area contributed by atoms with Gasteiger partial charge in [0.15, 0.2) is 0 Å². The van der Waals surface area contributed by atoms with Crippen LogP contribution in [0, 0.1) is 0 Å². The van der Waals surface area contributed by atoms with Crippen molar-refractivity contribution in [3.8, 4) is 5.75 Å². The Morgan fingerprint density at radius 1 is 1.45 bits per heavy atom. The normalized spacial score (nSPS) is 17.8. The maximum Gasteiger partial charge on any atom is 0.119 e. The minimum absolute atomic E-state index is 0.174. The van der Waals surface area contributed by atoms with Crippen LogP contribution in [0.2, 0.25) is 0 Å². The minimum Gasteiger partial charge on any atom is -0.497 e. The van der Waals surface area contributed by atoms with Gasteiger partial charge in [0.05, 0.1) is 19.8 Å². The highest BCUT2D eigenvalue weighted by Gasteiger charge is 2.24. The first kappa shape index (κ1) is 13.1. The van der Waals surface area contributed by atoms with Crippen molar-refractivity contribution in [1.82, 2.24) is 10.3 Å². The number of aromatic nitrogens is 1. The Bertz CT molecular complexity index is 645. The third-order valence-electron chi connectivity index (χ3n) is 3.85. The smallest absolute Gasteiger partial charge is 0.119 e. The van der Waals surface area contributed by atoms with Gasteiger partial charge in [0.1, 0.15) is 11.5 Å². The molecule has 2 aromatic rings. The van der Waals surface area contributed by atoms with Crippen LogP contribution in [0.3, 0.4) is 0 Å². The predicted molar refractivity (Wildman–Crippen MR) is 79.9 cm³/mol. The summed E-state index contributed by atoms with van der Waals surface area (Å²) in [6, 6.07) is 6.32. The summed E-state index contributed by atoms with van der Waals surface area (Å²) >= 11 is 0. The number of aromatic amines is 1. The van der Waals surface area contributed by atoms with Crippen molar-refractivity contribution in [3.63, 3.8) is 0 Å². The first-order valence-electron chi connectivity index (χ1n) is 6.95. The molecule has 3 rings (SSSR count). The molecule has 1 aliphatic heterocycles. The summed E-state index contributed by atoms with van der Waals surface area (Å²) in [5, 5.41) is 4.69. The van der Waals surface area contributed by atoms with Crippen LogP contribution in [0.4, 0.5) is 0 Å². The Labute approximate surface area is 118 Å². The van der Waals surface area contributed by atoms with Gasteiger partial charge in [-0.05, 0) is 37.1 Å². The molecule has 0 spiro atoms. The molecule has 0 radical (unpaired) electrons. The van der Waals surface area contributed by atoms with Gasteiger partial charge in [-0.2, -0.15) is 0 Å². The van der Waals surface area contributed by atoms with E-state index in [4.69, 9.17) is 9.47 Å². The van der Waals surface area contributed by atoms with Crippen LogP contribution < -0.4 is 10.1 Å². The molecule has 1 unspecified atom stereocenters. The Balaban J connectivity index is 1.96. The monoisotopic (exact) mass is 272 g/mol. The average molecular weight is 272 g/mol. The number of hydrogen-bond donors (Lipinski definition) is 2. The summed E-state index contributed by atoms with van der Waals surface area (Å²) in [6.45, 7) is 7.47. The van der Waals surface area contributed by atoms with Gasteiger partial charge in [-0.15, -0.1) is 0 Å². The molecule has 0 saturated carbocycles. The molecule has 4 nitrogen and oxygen atoms in total. The third kappa shape index (κ3) is 2.16. The lowest BCUT2D eigenvalue weighted by atomic mass is 9.97. The van der Waals surface area contributed by atoms with Gasteiger partial charge < -0.3 is 19.8 Å². The molecule has 106 valence electrons. The molecule has 1 atom stereocenters. The predicted octanol–water partition coefficient (Wildman–Crippen LogP) is 2.74. The zero-order valence-electron chi connectivity index (χ0n) is 12.0. The highest BCUT2D eigenvalue weighted by Crippen LogP contribution is 2.30. The average Bonchev–Trinajstić information content (AvgIpc) is 2.84. The molecular weight excluding hydrogens is 252 g/mol.